The van der Waals surface area contributed by atoms with Gasteiger partial charge >= 0.3 is 0 Å². The van der Waals surface area contributed by atoms with Crippen molar-refractivity contribution in [1.82, 2.24) is 10.4 Å². The summed E-state index contributed by atoms with van der Waals surface area (Å²) < 4.78 is 5.50. The average Bonchev–Trinajstić information content (AvgIpc) is 2.32. The van der Waals surface area contributed by atoms with Crippen LogP contribution in [0.25, 0.3) is 0 Å². The summed E-state index contributed by atoms with van der Waals surface area (Å²) in [6.07, 6.45) is 4.79. The Labute approximate surface area is 112 Å². The standard InChI is InChI=1S/C14H31N3O/c1-11-7-6-8-12(2)17(11)16-13(10-15)9-14(3,4)18-5/h11-13,16H,6-10,15H2,1-5H3. The van der Waals surface area contributed by atoms with Crippen molar-refractivity contribution in [3.05, 3.63) is 0 Å². The number of hydrogen-bond acceptors (Lipinski definition) is 4. The minimum absolute atomic E-state index is 0.126. The first kappa shape index (κ1) is 15.9. The first-order valence-electron chi connectivity index (χ1n) is 7.19. The zero-order valence-electron chi connectivity index (χ0n) is 12.7. The third-order valence-corrected chi connectivity index (χ3v) is 4.10. The molecule has 0 aromatic carbocycles. The van der Waals surface area contributed by atoms with Crippen LogP contribution in [0.15, 0.2) is 0 Å². The van der Waals surface area contributed by atoms with Crippen molar-refractivity contribution < 1.29 is 4.74 Å². The molecule has 0 aromatic heterocycles. The average molecular weight is 257 g/mol. The van der Waals surface area contributed by atoms with Gasteiger partial charge in [0.1, 0.15) is 0 Å². The molecule has 0 spiro atoms. The minimum atomic E-state index is -0.126. The molecule has 1 saturated heterocycles. The zero-order valence-corrected chi connectivity index (χ0v) is 12.7. The van der Waals surface area contributed by atoms with E-state index in [0.29, 0.717) is 18.6 Å². The van der Waals surface area contributed by atoms with Crippen LogP contribution in [0.3, 0.4) is 0 Å². The number of ether oxygens (including phenoxy) is 1. The van der Waals surface area contributed by atoms with Crippen molar-refractivity contribution in [2.24, 2.45) is 5.73 Å². The predicted octanol–water partition coefficient (Wildman–Crippen LogP) is 1.90. The van der Waals surface area contributed by atoms with Crippen molar-refractivity contribution in [2.45, 2.75) is 77.1 Å². The number of rotatable bonds is 6. The number of methoxy groups -OCH3 is 1. The van der Waals surface area contributed by atoms with Crippen molar-refractivity contribution >= 4 is 0 Å². The molecule has 3 atom stereocenters. The van der Waals surface area contributed by atoms with Crippen LogP contribution in [-0.4, -0.2) is 42.4 Å². The van der Waals surface area contributed by atoms with Crippen molar-refractivity contribution in [1.29, 1.82) is 0 Å². The fraction of sp³-hybridized carbons (Fsp3) is 1.00. The number of nitrogens with one attached hydrogen (secondary N) is 1. The molecule has 0 aliphatic carbocycles. The zero-order chi connectivity index (χ0) is 13.8. The molecule has 0 bridgehead atoms. The van der Waals surface area contributed by atoms with E-state index in [1.165, 1.54) is 19.3 Å². The SMILES string of the molecule is COC(C)(C)CC(CN)NN1C(C)CCCC1C. The molecule has 18 heavy (non-hydrogen) atoms. The minimum Gasteiger partial charge on any atom is -0.379 e. The van der Waals surface area contributed by atoms with Crippen molar-refractivity contribution in [2.75, 3.05) is 13.7 Å². The van der Waals surface area contributed by atoms with E-state index in [9.17, 15) is 0 Å². The second kappa shape index (κ2) is 6.85. The van der Waals surface area contributed by atoms with E-state index in [-0.39, 0.29) is 11.6 Å². The molecule has 0 saturated carbocycles. The fourth-order valence-electron chi connectivity index (χ4n) is 2.74. The van der Waals surface area contributed by atoms with Gasteiger partial charge in [-0.05, 0) is 47.0 Å². The summed E-state index contributed by atoms with van der Waals surface area (Å²) in [6.45, 7) is 9.44. The number of nitrogens with zero attached hydrogens (tertiary/aromatic N) is 1. The normalized spacial score (nSPS) is 28.3. The molecule has 3 unspecified atom stereocenters. The number of hydrazine groups is 1. The fourth-order valence-corrected chi connectivity index (χ4v) is 2.74. The first-order chi connectivity index (χ1) is 8.39. The molecule has 1 fully saturated rings. The van der Waals surface area contributed by atoms with E-state index < -0.39 is 0 Å². The molecule has 0 aromatic rings. The number of piperidine rings is 1. The molecule has 3 N–H and O–H groups in total. The van der Waals surface area contributed by atoms with Gasteiger partial charge < -0.3 is 10.5 Å². The maximum absolute atomic E-state index is 5.90. The summed E-state index contributed by atoms with van der Waals surface area (Å²) in [6, 6.07) is 1.46. The van der Waals surface area contributed by atoms with Crippen LogP contribution in [0.5, 0.6) is 0 Å². The summed E-state index contributed by atoms with van der Waals surface area (Å²) >= 11 is 0. The van der Waals surface area contributed by atoms with Gasteiger partial charge in [-0.25, -0.2) is 5.01 Å². The highest BCUT2D eigenvalue weighted by atomic mass is 16.5. The summed E-state index contributed by atoms with van der Waals surface area (Å²) in [7, 11) is 1.76. The molecule has 4 nitrogen and oxygen atoms in total. The van der Waals surface area contributed by atoms with E-state index in [1.54, 1.807) is 7.11 Å². The third kappa shape index (κ3) is 4.50. The van der Waals surface area contributed by atoms with Gasteiger partial charge in [0.25, 0.3) is 0 Å². The third-order valence-electron chi connectivity index (χ3n) is 4.10. The Balaban J connectivity index is 2.56. The Bertz CT molecular complexity index is 235. The van der Waals surface area contributed by atoms with Gasteiger partial charge in [0.05, 0.1) is 5.60 Å². The van der Waals surface area contributed by atoms with Crippen LogP contribution in [-0.2, 0) is 4.74 Å². The van der Waals surface area contributed by atoms with Crippen LogP contribution in [0.4, 0.5) is 0 Å². The van der Waals surface area contributed by atoms with Crippen LogP contribution in [0, 0.1) is 0 Å². The molecule has 0 amide bonds. The lowest BCUT2D eigenvalue weighted by Crippen LogP contribution is -2.58. The van der Waals surface area contributed by atoms with Crippen LogP contribution < -0.4 is 11.2 Å². The topological polar surface area (TPSA) is 50.5 Å². The maximum Gasteiger partial charge on any atom is 0.0638 e. The second-order valence-electron chi connectivity index (χ2n) is 6.27. The summed E-state index contributed by atoms with van der Waals surface area (Å²) in [5.41, 5.74) is 9.40. The molecule has 4 heteroatoms. The number of nitrogens with two attached hydrogens (primary N) is 1. The van der Waals surface area contributed by atoms with Crippen LogP contribution in [0.2, 0.25) is 0 Å². The molecular formula is C14H31N3O. The van der Waals surface area contributed by atoms with Crippen LogP contribution in [0.1, 0.15) is 53.4 Å². The lowest BCUT2D eigenvalue weighted by atomic mass is 9.97. The largest absolute Gasteiger partial charge is 0.379 e. The highest BCUT2D eigenvalue weighted by Crippen LogP contribution is 2.22. The molecule has 1 aliphatic rings. The molecule has 0 radical (unpaired) electrons. The van der Waals surface area contributed by atoms with E-state index in [0.717, 1.165) is 6.42 Å². The molecular weight excluding hydrogens is 226 g/mol. The molecule has 1 heterocycles. The highest BCUT2D eigenvalue weighted by molar-refractivity contribution is 4.83. The Kier molecular flexibility index (Phi) is 6.05. The lowest BCUT2D eigenvalue weighted by molar-refractivity contribution is -0.0187. The Morgan fingerprint density at radius 1 is 1.33 bits per heavy atom. The summed E-state index contributed by atoms with van der Waals surface area (Å²) in [4.78, 5) is 0. The van der Waals surface area contributed by atoms with Gasteiger partial charge in [0.2, 0.25) is 0 Å². The van der Waals surface area contributed by atoms with Gasteiger partial charge in [0, 0.05) is 31.8 Å². The maximum atomic E-state index is 5.90. The highest BCUT2D eigenvalue weighted by Gasteiger charge is 2.29. The van der Waals surface area contributed by atoms with Gasteiger partial charge in [-0.1, -0.05) is 6.42 Å². The summed E-state index contributed by atoms with van der Waals surface area (Å²) in [5, 5.41) is 2.40. The molecule has 1 aliphatic heterocycles. The van der Waals surface area contributed by atoms with E-state index >= 15 is 0 Å². The molecule has 1 rings (SSSR count). The predicted molar refractivity (Wildman–Crippen MR) is 76.3 cm³/mol. The van der Waals surface area contributed by atoms with Crippen LogP contribution >= 0.6 is 0 Å². The smallest absolute Gasteiger partial charge is 0.0638 e. The van der Waals surface area contributed by atoms with Gasteiger partial charge in [-0.2, -0.15) is 0 Å². The van der Waals surface area contributed by atoms with E-state index in [2.05, 4.69) is 38.1 Å². The first-order valence-corrected chi connectivity index (χ1v) is 7.19. The Morgan fingerprint density at radius 3 is 2.33 bits per heavy atom. The monoisotopic (exact) mass is 257 g/mol. The number of hydrogen-bond donors (Lipinski definition) is 2. The quantitative estimate of drug-likeness (QED) is 0.763. The van der Waals surface area contributed by atoms with E-state index in [4.69, 9.17) is 10.5 Å². The van der Waals surface area contributed by atoms with Gasteiger partial charge in [-0.3, -0.25) is 5.43 Å². The van der Waals surface area contributed by atoms with E-state index in [1.807, 2.05) is 0 Å². The van der Waals surface area contributed by atoms with Crippen molar-refractivity contribution in [3.63, 3.8) is 0 Å². The van der Waals surface area contributed by atoms with Gasteiger partial charge in [0.15, 0.2) is 0 Å². The Hall–Kier alpha value is -0.160. The lowest BCUT2D eigenvalue weighted by Gasteiger charge is -2.42. The van der Waals surface area contributed by atoms with Crippen molar-refractivity contribution in [3.8, 4) is 0 Å². The Morgan fingerprint density at radius 2 is 1.89 bits per heavy atom. The van der Waals surface area contributed by atoms with Gasteiger partial charge in [-0.15, -0.1) is 0 Å². The summed E-state index contributed by atoms with van der Waals surface area (Å²) in [5.74, 6) is 0. The molecule has 108 valence electrons. The second-order valence-corrected chi connectivity index (χ2v) is 6.27.